The molecule has 1 fully saturated rings. The molecule has 2 aromatic rings. The Morgan fingerprint density at radius 2 is 2.04 bits per heavy atom. The van der Waals surface area contributed by atoms with Crippen molar-refractivity contribution < 1.29 is 33.0 Å². The lowest BCUT2D eigenvalue weighted by Gasteiger charge is -2.09. The molecule has 3 heterocycles. The van der Waals surface area contributed by atoms with Crippen molar-refractivity contribution >= 4 is 35.6 Å². The fourth-order valence-corrected chi connectivity index (χ4v) is 2.95. The number of nitrogens with one attached hydrogen (secondary N) is 1. The molecule has 0 atom stereocenters. The van der Waals surface area contributed by atoms with Crippen LogP contribution in [-0.2, 0) is 16.1 Å². The van der Waals surface area contributed by atoms with Gasteiger partial charge in [-0.25, -0.2) is 9.59 Å². The van der Waals surface area contributed by atoms with E-state index in [1.165, 1.54) is 25.3 Å². The Morgan fingerprint density at radius 1 is 1.29 bits per heavy atom. The quantitative estimate of drug-likeness (QED) is 0.474. The number of imide groups is 1. The van der Waals surface area contributed by atoms with Gasteiger partial charge in [0.15, 0.2) is 11.5 Å². The Kier molecular flexibility index (Phi) is 4.44. The van der Waals surface area contributed by atoms with Gasteiger partial charge in [-0.15, -0.1) is 0 Å². The topological polar surface area (TPSA) is 107 Å². The number of rotatable bonds is 4. The first kappa shape index (κ1) is 17.9. The molecule has 2 aliphatic heterocycles. The molecule has 0 radical (unpaired) electrons. The Hall–Kier alpha value is -3.46. The van der Waals surface area contributed by atoms with E-state index in [0.29, 0.717) is 22.1 Å². The molecule has 0 saturated carbocycles. The maximum atomic E-state index is 12.6. The second-order valence-electron chi connectivity index (χ2n) is 5.86. The third kappa shape index (κ3) is 3.16. The summed E-state index contributed by atoms with van der Waals surface area (Å²) in [6.07, 6.45) is 1.45. The third-order valence-electron chi connectivity index (χ3n) is 4.12. The van der Waals surface area contributed by atoms with Gasteiger partial charge in [0.2, 0.25) is 12.6 Å². The highest BCUT2D eigenvalue weighted by molar-refractivity contribution is 6.32. The molecule has 0 bridgehead atoms. The van der Waals surface area contributed by atoms with Crippen molar-refractivity contribution in [1.29, 1.82) is 0 Å². The molecule has 0 spiro atoms. The van der Waals surface area contributed by atoms with Crippen molar-refractivity contribution in [3.63, 3.8) is 0 Å². The molecule has 1 saturated heterocycles. The van der Waals surface area contributed by atoms with Crippen LogP contribution in [0.2, 0.25) is 5.02 Å². The summed E-state index contributed by atoms with van der Waals surface area (Å²) in [5, 5.41) is 2.83. The number of fused-ring (bicyclic) bond motifs is 1. The average Bonchev–Trinajstić information content (AvgIpc) is 3.38. The zero-order chi connectivity index (χ0) is 19.8. The van der Waals surface area contributed by atoms with Crippen LogP contribution in [0.5, 0.6) is 11.5 Å². The summed E-state index contributed by atoms with van der Waals surface area (Å²) >= 11 is 6.21. The molecule has 1 N–H and O–H groups in total. The molecule has 10 heteroatoms. The normalized spacial score (nSPS) is 16.6. The number of amides is 3. The number of carbonyl (C=O) groups is 3. The lowest BCUT2D eigenvalue weighted by Crippen LogP contribution is -2.30. The number of hydrogen-bond donors (Lipinski definition) is 1. The minimum atomic E-state index is -0.651. The zero-order valence-electron chi connectivity index (χ0n) is 14.5. The van der Waals surface area contributed by atoms with Gasteiger partial charge in [0, 0.05) is 6.07 Å². The van der Waals surface area contributed by atoms with Crippen LogP contribution in [0.25, 0.3) is 6.08 Å². The largest absolute Gasteiger partial charge is 0.463 e. The van der Waals surface area contributed by atoms with Crippen LogP contribution in [0, 0.1) is 0 Å². The van der Waals surface area contributed by atoms with Gasteiger partial charge in [0.05, 0.1) is 18.7 Å². The minimum Gasteiger partial charge on any atom is -0.463 e. The van der Waals surface area contributed by atoms with Crippen molar-refractivity contribution in [3.05, 3.63) is 52.1 Å². The van der Waals surface area contributed by atoms with Crippen LogP contribution >= 0.6 is 11.6 Å². The molecule has 2 aliphatic rings. The van der Waals surface area contributed by atoms with Gasteiger partial charge >= 0.3 is 12.0 Å². The second kappa shape index (κ2) is 6.93. The van der Waals surface area contributed by atoms with Crippen LogP contribution in [0.3, 0.4) is 0 Å². The lowest BCUT2D eigenvalue weighted by molar-refractivity contribution is -0.123. The molecule has 0 aliphatic carbocycles. The highest BCUT2D eigenvalue weighted by Gasteiger charge is 2.34. The number of nitrogens with zero attached hydrogens (tertiary/aromatic N) is 1. The average molecular weight is 405 g/mol. The molecule has 28 heavy (non-hydrogen) atoms. The van der Waals surface area contributed by atoms with Crippen molar-refractivity contribution in [1.82, 2.24) is 10.2 Å². The van der Waals surface area contributed by atoms with Crippen LogP contribution in [0.1, 0.15) is 21.9 Å². The van der Waals surface area contributed by atoms with E-state index in [4.69, 9.17) is 25.5 Å². The summed E-state index contributed by atoms with van der Waals surface area (Å²) < 4.78 is 20.4. The van der Waals surface area contributed by atoms with E-state index in [-0.39, 0.29) is 30.6 Å². The molecule has 3 amide bonds. The third-order valence-corrected chi connectivity index (χ3v) is 4.44. The van der Waals surface area contributed by atoms with Gasteiger partial charge in [-0.05, 0) is 29.8 Å². The predicted molar refractivity (Wildman–Crippen MR) is 94.7 cm³/mol. The van der Waals surface area contributed by atoms with Crippen LogP contribution in [0.4, 0.5) is 4.79 Å². The van der Waals surface area contributed by atoms with Crippen molar-refractivity contribution in [2.24, 2.45) is 0 Å². The molecule has 4 rings (SSSR count). The van der Waals surface area contributed by atoms with E-state index in [1.54, 1.807) is 12.1 Å². The molecule has 1 aromatic heterocycles. The molecular weight excluding hydrogens is 392 g/mol. The summed E-state index contributed by atoms with van der Waals surface area (Å²) in [6.45, 7) is -0.0558. The molecule has 144 valence electrons. The zero-order valence-corrected chi connectivity index (χ0v) is 15.2. The number of benzene rings is 1. The van der Waals surface area contributed by atoms with Gasteiger partial charge in [-0.1, -0.05) is 11.6 Å². The van der Waals surface area contributed by atoms with E-state index in [9.17, 15) is 14.4 Å². The fourth-order valence-electron chi connectivity index (χ4n) is 2.74. The van der Waals surface area contributed by atoms with Gasteiger partial charge in [-0.3, -0.25) is 9.69 Å². The van der Waals surface area contributed by atoms with Gasteiger partial charge in [0.1, 0.15) is 11.5 Å². The van der Waals surface area contributed by atoms with E-state index >= 15 is 0 Å². The van der Waals surface area contributed by atoms with E-state index in [2.05, 4.69) is 10.1 Å². The Morgan fingerprint density at radius 3 is 2.79 bits per heavy atom. The summed E-state index contributed by atoms with van der Waals surface area (Å²) in [5.74, 6) is 0.0283. The van der Waals surface area contributed by atoms with Crippen LogP contribution < -0.4 is 14.8 Å². The highest BCUT2D eigenvalue weighted by Crippen LogP contribution is 2.37. The molecular formula is C18H13ClN2O7. The first-order valence-electron chi connectivity index (χ1n) is 8.07. The maximum absolute atomic E-state index is 12.6. The maximum Gasteiger partial charge on any atom is 0.373 e. The second-order valence-corrected chi connectivity index (χ2v) is 6.27. The van der Waals surface area contributed by atoms with E-state index in [1.807, 2.05) is 0 Å². The first-order chi connectivity index (χ1) is 13.5. The first-order valence-corrected chi connectivity index (χ1v) is 8.45. The van der Waals surface area contributed by atoms with Gasteiger partial charge in [-0.2, -0.15) is 0 Å². The summed E-state index contributed by atoms with van der Waals surface area (Å²) in [5.41, 5.74) is 0.535. The minimum absolute atomic E-state index is 0.0209. The van der Waals surface area contributed by atoms with E-state index in [0.717, 1.165) is 4.90 Å². The Balaban J connectivity index is 1.55. The number of carbonyl (C=O) groups excluding carboxylic acids is 3. The standard InChI is InChI=1S/C18H13ClN2O7/c1-25-17(23)13-3-2-10(28-13)7-21-16(22)12(20-18(21)24)4-9-5-14-15(6-11(9)19)27-8-26-14/h2-6H,7-8H2,1H3,(H,20,24)/b12-4-. The summed E-state index contributed by atoms with van der Waals surface area (Å²) in [4.78, 5) is 37.2. The number of methoxy groups -OCH3 is 1. The molecule has 0 unspecified atom stereocenters. The Bertz CT molecular complexity index is 1030. The van der Waals surface area contributed by atoms with Crippen molar-refractivity contribution in [2.45, 2.75) is 6.54 Å². The number of ether oxygens (including phenoxy) is 3. The monoisotopic (exact) mass is 404 g/mol. The number of halogens is 1. The smallest absolute Gasteiger partial charge is 0.373 e. The summed E-state index contributed by atoms with van der Waals surface area (Å²) in [6, 6.07) is 5.47. The highest BCUT2D eigenvalue weighted by atomic mass is 35.5. The van der Waals surface area contributed by atoms with Gasteiger partial charge < -0.3 is 23.9 Å². The van der Waals surface area contributed by atoms with Gasteiger partial charge in [0.25, 0.3) is 5.91 Å². The molecule has 9 nitrogen and oxygen atoms in total. The van der Waals surface area contributed by atoms with Crippen molar-refractivity contribution in [3.8, 4) is 11.5 Å². The molecule has 1 aromatic carbocycles. The number of esters is 1. The number of urea groups is 1. The fraction of sp³-hybridized carbons (Fsp3) is 0.167. The van der Waals surface area contributed by atoms with E-state index < -0.39 is 17.9 Å². The SMILES string of the molecule is COC(=O)c1ccc(CN2C(=O)N/C(=C\c3cc4c(cc3Cl)OCO4)C2=O)o1. The van der Waals surface area contributed by atoms with Crippen molar-refractivity contribution in [2.75, 3.05) is 13.9 Å². The lowest BCUT2D eigenvalue weighted by atomic mass is 10.1. The number of hydrogen-bond acceptors (Lipinski definition) is 7. The van der Waals surface area contributed by atoms with Crippen LogP contribution in [0.15, 0.2) is 34.4 Å². The summed E-state index contributed by atoms with van der Waals surface area (Å²) in [7, 11) is 1.22. The van der Waals surface area contributed by atoms with Crippen LogP contribution in [-0.4, -0.2) is 36.7 Å². The predicted octanol–water partition coefficient (Wildman–Crippen LogP) is 2.54. The Labute approximate surface area is 163 Å². The number of furan rings is 1.